The molecule has 1 heterocycles. The lowest BCUT2D eigenvalue weighted by molar-refractivity contribution is 0.223. The number of methoxy groups -OCH3 is 2. The van der Waals surface area contributed by atoms with E-state index in [1.807, 2.05) is 11.6 Å². The summed E-state index contributed by atoms with van der Waals surface area (Å²) in [5.74, 6) is 1.23. The summed E-state index contributed by atoms with van der Waals surface area (Å²) in [5, 5.41) is 7.41. The molecule has 142 valence electrons. The Morgan fingerprint density at radius 1 is 1.27 bits per heavy atom. The van der Waals surface area contributed by atoms with Gasteiger partial charge in [-0.3, -0.25) is 4.68 Å². The van der Waals surface area contributed by atoms with E-state index in [4.69, 9.17) is 9.47 Å². The van der Waals surface area contributed by atoms with Crippen molar-refractivity contribution < 1.29 is 14.3 Å². The number of anilines is 1. The van der Waals surface area contributed by atoms with Crippen molar-refractivity contribution in [1.82, 2.24) is 14.7 Å². The minimum atomic E-state index is -0.188. The van der Waals surface area contributed by atoms with Crippen LogP contribution in [-0.2, 0) is 13.0 Å². The fourth-order valence-electron chi connectivity index (χ4n) is 2.90. The highest BCUT2D eigenvalue weighted by Crippen LogP contribution is 2.29. The van der Waals surface area contributed by atoms with Gasteiger partial charge in [0.2, 0.25) is 0 Å². The Kier molecular flexibility index (Phi) is 6.49. The number of carbonyl (C=O) groups is 1. The average Bonchev–Trinajstić information content (AvgIpc) is 2.93. The molecule has 1 aromatic carbocycles. The molecule has 0 aliphatic heterocycles. The van der Waals surface area contributed by atoms with Crippen LogP contribution in [0.3, 0.4) is 0 Å². The van der Waals surface area contributed by atoms with E-state index in [2.05, 4.69) is 24.3 Å². The highest BCUT2D eigenvalue weighted by Gasteiger charge is 2.15. The molecule has 2 aromatic rings. The van der Waals surface area contributed by atoms with Crippen LogP contribution < -0.4 is 14.8 Å². The molecule has 7 heteroatoms. The lowest BCUT2D eigenvalue weighted by atomic mass is 10.1. The first-order valence-corrected chi connectivity index (χ1v) is 8.68. The maximum absolute atomic E-state index is 12.5. The molecule has 0 unspecified atom stereocenters. The molecule has 0 bridgehead atoms. The number of urea groups is 1. The van der Waals surface area contributed by atoms with Gasteiger partial charge < -0.3 is 19.7 Å². The molecule has 1 aromatic heterocycles. The fraction of sp³-hybridized carbons (Fsp3) is 0.474. The molecule has 0 saturated carbocycles. The number of likely N-dealkylation sites (N-methyl/N-ethyl adjacent to an activating group) is 1. The number of rotatable bonds is 7. The van der Waals surface area contributed by atoms with Crippen molar-refractivity contribution in [2.75, 3.05) is 33.1 Å². The van der Waals surface area contributed by atoms with Gasteiger partial charge in [0.15, 0.2) is 0 Å². The van der Waals surface area contributed by atoms with Crippen LogP contribution in [0.5, 0.6) is 11.5 Å². The van der Waals surface area contributed by atoms with E-state index < -0.39 is 0 Å². The summed E-state index contributed by atoms with van der Waals surface area (Å²) < 4.78 is 12.5. The largest absolute Gasteiger partial charge is 0.497 e. The molecule has 2 rings (SSSR count). The van der Waals surface area contributed by atoms with Crippen LogP contribution in [0.2, 0.25) is 0 Å². The van der Waals surface area contributed by atoms with E-state index >= 15 is 0 Å². The first-order valence-electron chi connectivity index (χ1n) is 8.68. The van der Waals surface area contributed by atoms with Gasteiger partial charge in [-0.1, -0.05) is 0 Å². The van der Waals surface area contributed by atoms with E-state index in [9.17, 15) is 4.79 Å². The van der Waals surface area contributed by atoms with Crippen molar-refractivity contribution in [3.8, 4) is 11.5 Å². The standard InChI is InChI=1S/C19H28N4O3/c1-7-23-14(3)16(13(2)21-23)10-11-22(4)19(24)20-17-9-8-15(25-5)12-18(17)26-6/h8-9,12H,7,10-11H2,1-6H3,(H,20,24). The molecular formula is C19H28N4O3. The Bertz CT molecular complexity index is 770. The maximum atomic E-state index is 12.5. The molecule has 2 amide bonds. The minimum Gasteiger partial charge on any atom is -0.497 e. The molecule has 0 aliphatic rings. The number of benzene rings is 1. The van der Waals surface area contributed by atoms with Gasteiger partial charge in [0.05, 0.1) is 25.6 Å². The number of amides is 2. The third kappa shape index (κ3) is 4.28. The Labute approximate surface area is 154 Å². The number of ether oxygens (including phenoxy) is 2. The lowest BCUT2D eigenvalue weighted by Gasteiger charge is -2.19. The summed E-state index contributed by atoms with van der Waals surface area (Å²) in [4.78, 5) is 14.2. The summed E-state index contributed by atoms with van der Waals surface area (Å²) in [7, 11) is 4.93. The first kappa shape index (κ1) is 19.6. The van der Waals surface area contributed by atoms with Crippen LogP contribution in [0.1, 0.15) is 23.9 Å². The molecule has 0 saturated heterocycles. The van der Waals surface area contributed by atoms with Gasteiger partial charge in [-0.05, 0) is 44.9 Å². The molecular weight excluding hydrogens is 332 g/mol. The average molecular weight is 360 g/mol. The van der Waals surface area contributed by atoms with Crippen molar-refractivity contribution >= 4 is 11.7 Å². The van der Waals surface area contributed by atoms with Crippen molar-refractivity contribution in [2.45, 2.75) is 33.7 Å². The van der Waals surface area contributed by atoms with Crippen molar-refractivity contribution in [3.63, 3.8) is 0 Å². The second kappa shape index (κ2) is 8.60. The van der Waals surface area contributed by atoms with Crippen LogP contribution >= 0.6 is 0 Å². The van der Waals surface area contributed by atoms with Gasteiger partial charge in [0.1, 0.15) is 11.5 Å². The number of nitrogens with one attached hydrogen (secondary N) is 1. The van der Waals surface area contributed by atoms with Crippen LogP contribution in [0, 0.1) is 13.8 Å². The number of hydrogen-bond donors (Lipinski definition) is 1. The van der Waals surface area contributed by atoms with Crippen molar-refractivity contribution in [3.05, 3.63) is 35.2 Å². The number of carbonyl (C=O) groups excluding carboxylic acids is 1. The van der Waals surface area contributed by atoms with E-state index in [-0.39, 0.29) is 6.03 Å². The molecule has 26 heavy (non-hydrogen) atoms. The van der Waals surface area contributed by atoms with Gasteiger partial charge in [0.25, 0.3) is 0 Å². The smallest absolute Gasteiger partial charge is 0.321 e. The quantitative estimate of drug-likeness (QED) is 0.823. The molecule has 0 aliphatic carbocycles. The Hall–Kier alpha value is -2.70. The SMILES string of the molecule is CCn1nc(C)c(CCN(C)C(=O)Nc2ccc(OC)cc2OC)c1C. The monoisotopic (exact) mass is 360 g/mol. The van der Waals surface area contributed by atoms with Crippen molar-refractivity contribution in [1.29, 1.82) is 0 Å². The third-order valence-electron chi connectivity index (χ3n) is 4.53. The zero-order valence-corrected chi connectivity index (χ0v) is 16.4. The number of aryl methyl sites for hydroxylation is 2. The van der Waals surface area contributed by atoms with E-state index in [1.54, 1.807) is 44.4 Å². The van der Waals surface area contributed by atoms with Gasteiger partial charge in [-0.25, -0.2) is 4.79 Å². The Morgan fingerprint density at radius 2 is 2.00 bits per heavy atom. The summed E-state index contributed by atoms with van der Waals surface area (Å²) in [6.07, 6.45) is 0.765. The highest BCUT2D eigenvalue weighted by atomic mass is 16.5. The zero-order chi connectivity index (χ0) is 19.3. The van der Waals surface area contributed by atoms with E-state index in [0.29, 0.717) is 23.7 Å². The third-order valence-corrected chi connectivity index (χ3v) is 4.53. The molecule has 0 spiro atoms. The maximum Gasteiger partial charge on any atom is 0.321 e. The molecule has 7 nitrogen and oxygen atoms in total. The van der Waals surface area contributed by atoms with Gasteiger partial charge in [0, 0.05) is 31.9 Å². The number of hydrogen-bond acceptors (Lipinski definition) is 4. The highest BCUT2D eigenvalue weighted by molar-refractivity contribution is 5.91. The summed E-state index contributed by atoms with van der Waals surface area (Å²) in [6.45, 7) is 7.60. The van der Waals surface area contributed by atoms with Crippen LogP contribution in [0.4, 0.5) is 10.5 Å². The van der Waals surface area contributed by atoms with Gasteiger partial charge in [-0.2, -0.15) is 5.10 Å². The van der Waals surface area contributed by atoms with E-state index in [0.717, 1.165) is 24.4 Å². The summed E-state index contributed by atoms with van der Waals surface area (Å²) in [5.41, 5.74) is 4.00. The molecule has 0 fully saturated rings. The zero-order valence-electron chi connectivity index (χ0n) is 16.4. The summed E-state index contributed by atoms with van der Waals surface area (Å²) in [6, 6.07) is 5.10. The topological polar surface area (TPSA) is 68.6 Å². The normalized spacial score (nSPS) is 10.5. The Morgan fingerprint density at radius 3 is 2.58 bits per heavy atom. The second-order valence-electron chi connectivity index (χ2n) is 6.13. The molecule has 0 radical (unpaired) electrons. The van der Waals surface area contributed by atoms with Crippen LogP contribution in [-0.4, -0.2) is 48.5 Å². The minimum absolute atomic E-state index is 0.188. The van der Waals surface area contributed by atoms with E-state index in [1.165, 1.54) is 5.56 Å². The lowest BCUT2D eigenvalue weighted by Crippen LogP contribution is -2.33. The predicted octanol–water partition coefficient (Wildman–Crippen LogP) is 3.24. The van der Waals surface area contributed by atoms with Gasteiger partial charge in [-0.15, -0.1) is 0 Å². The van der Waals surface area contributed by atoms with Crippen LogP contribution in [0.15, 0.2) is 18.2 Å². The number of aromatic nitrogens is 2. The molecule has 1 N–H and O–H groups in total. The van der Waals surface area contributed by atoms with Gasteiger partial charge >= 0.3 is 6.03 Å². The summed E-state index contributed by atoms with van der Waals surface area (Å²) >= 11 is 0. The Balaban J connectivity index is 2.01. The second-order valence-corrected chi connectivity index (χ2v) is 6.13. The first-order chi connectivity index (χ1) is 12.4. The van der Waals surface area contributed by atoms with Crippen molar-refractivity contribution in [2.24, 2.45) is 0 Å². The fourth-order valence-corrected chi connectivity index (χ4v) is 2.90. The predicted molar refractivity (Wildman–Crippen MR) is 102 cm³/mol. The molecule has 0 atom stereocenters. The number of nitrogens with zero attached hydrogens (tertiary/aromatic N) is 3. The van der Waals surface area contributed by atoms with Crippen LogP contribution in [0.25, 0.3) is 0 Å².